The van der Waals surface area contributed by atoms with Crippen LogP contribution < -0.4 is 16.0 Å². The summed E-state index contributed by atoms with van der Waals surface area (Å²) in [5.74, 6) is -43.6. The van der Waals surface area contributed by atoms with Crippen LogP contribution in [0.2, 0.25) is 0 Å². The number of hydrogen-bond acceptors (Lipinski definition) is 14. The fraction of sp³-hybridized carbons (Fsp3) is 0.914. The molecule has 0 aromatic heterocycles. The molecule has 31 heteroatoms. The summed E-state index contributed by atoms with van der Waals surface area (Å²) in [6.07, 6.45) is -32.1. The minimum atomic E-state index is -8.18. The smallest absolute Gasteiger partial charge is 0.394 e. The molecule has 66 heavy (non-hydrogen) atoms. The van der Waals surface area contributed by atoms with E-state index in [4.69, 9.17) is 9.47 Å². The van der Waals surface area contributed by atoms with Crippen molar-refractivity contribution in [2.75, 3.05) is 26.3 Å². The second kappa shape index (κ2) is 21.3. The number of carbonyl (C=O) groups excluding carboxylic acids is 3. The fourth-order valence-electron chi connectivity index (χ4n) is 7.10. The van der Waals surface area contributed by atoms with E-state index in [-0.39, 0.29) is 25.8 Å². The first-order valence-corrected chi connectivity index (χ1v) is 19.6. The average Bonchev–Trinajstić information content (AvgIpc) is 3.38. The lowest BCUT2D eigenvalue weighted by molar-refractivity contribution is -0.440. The second-order valence-electron chi connectivity index (χ2n) is 16.9. The predicted octanol–water partition coefficient (Wildman–Crippen LogP) is -0.512. The highest BCUT2D eigenvalue weighted by Crippen LogP contribution is 2.60. The molecular weight excluding hydrogens is 947 g/mol. The molecule has 387 valence electrons. The summed E-state index contributed by atoms with van der Waals surface area (Å²) in [6.45, 7) is 1.61. The van der Waals surface area contributed by atoms with Crippen molar-refractivity contribution >= 4 is 17.7 Å². The summed E-state index contributed by atoms with van der Waals surface area (Å²) in [4.78, 5) is 39.2. The van der Waals surface area contributed by atoms with E-state index >= 15 is 0 Å². The van der Waals surface area contributed by atoms with E-state index in [1.807, 2.05) is 0 Å². The van der Waals surface area contributed by atoms with Crippen molar-refractivity contribution in [3.63, 3.8) is 0 Å². The summed E-state index contributed by atoms with van der Waals surface area (Å²) in [5.41, 5.74) is -2.12. The Morgan fingerprint density at radius 1 is 0.758 bits per heavy atom. The lowest BCUT2D eigenvalue weighted by Gasteiger charge is -2.42. The molecule has 2 saturated heterocycles. The highest BCUT2D eigenvalue weighted by Gasteiger charge is 2.90. The van der Waals surface area contributed by atoms with E-state index in [9.17, 15) is 118 Å². The van der Waals surface area contributed by atoms with Gasteiger partial charge < -0.3 is 66.3 Å². The summed E-state index contributed by atoms with van der Waals surface area (Å²) in [6, 6.07) is -2.18. The van der Waals surface area contributed by atoms with Gasteiger partial charge in [-0.2, -0.15) is 57.1 Å². The number of nitrogens with zero attached hydrogens (tertiary/aromatic N) is 1. The third-order valence-electron chi connectivity index (χ3n) is 11.2. The third kappa shape index (κ3) is 11.9. The first-order valence-electron chi connectivity index (χ1n) is 19.6. The van der Waals surface area contributed by atoms with Gasteiger partial charge in [0.15, 0.2) is 12.4 Å². The van der Waals surface area contributed by atoms with Gasteiger partial charge in [0.05, 0.1) is 24.7 Å². The van der Waals surface area contributed by atoms with Crippen molar-refractivity contribution in [2.24, 2.45) is 5.92 Å². The molecule has 0 aliphatic carbocycles. The zero-order chi connectivity index (χ0) is 51.6. The Morgan fingerprint density at radius 2 is 1.30 bits per heavy atom. The largest absolute Gasteiger partial charge is 0.460 e. The van der Waals surface area contributed by atoms with Crippen molar-refractivity contribution < 1.29 is 127 Å². The molecule has 3 amide bonds. The summed E-state index contributed by atoms with van der Waals surface area (Å²) >= 11 is 0. The average molecular weight is 1000 g/mol. The van der Waals surface area contributed by atoms with Gasteiger partial charge in [0.1, 0.15) is 48.8 Å². The summed E-state index contributed by atoms with van der Waals surface area (Å²) in [7, 11) is 0. The molecule has 1 unspecified atom stereocenters. The van der Waals surface area contributed by atoms with Gasteiger partial charge in [-0.1, -0.05) is 0 Å². The maximum atomic E-state index is 14.5. The number of hydroxylamine groups is 2. The van der Waals surface area contributed by atoms with Crippen LogP contribution in [-0.4, -0.2) is 198 Å². The molecule has 0 saturated carbocycles. The molecule has 2 fully saturated rings. The summed E-state index contributed by atoms with van der Waals surface area (Å²) in [5, 5.41) is 100. The Hall–Kier alpha value is -2.98. The Bertz CT molecular complexity index is 1650. The van der Waals surface area contributed by atoms with Crippen LogP contribution in [-0.2, 0) is 29.1 Å². The molecule has 11 atom stereocenters. The molecule has 2 aliphatic rings. The van der Waals surface area contributed by atoms with Crippen LogP contribution in [0.3, 0.4) is 0 Å². The van der Waals surface area contributed by atoms with Crippen LogP contribution in [0.1, 0.15) is 59.8 Å². The van der Waals surface area contributed by atoms with E-state index in [2.05, 4.69) is 5.32 Å². The Balaban J connectivity index is 2.32. The molecule has 2 aliphatic heterocycles. The van der Waals surface area contributed by atoms with Crippen molar-refractivity contribution in [1.82, 2.24) is 21.0 Å². The van der Waals surface area contributed by atoms with Gasteiger partial charge in [-0.3, -0.25) is 14.4 Å². The second-order valence-corrected chi connectivity index (χ2v) is 16.9. The zero-order valence-corrected chi connectivity index (χ0v) is 35.1. The van der Waals surface area contributed by atoms with Crippen LogP contribution >= 0.6 is 0 Å². The molecule has 18 nitrogen and oxygen atoms in total. The van der Waals surface area contributed by atoms with E-state index in [0.29, 0.717) is 0 Å². The number of halogens is 13. The first kappa shape index (κ1) is 59.1. The highest BCUT2D eigenvalue weighted by molar-refractivity contribution is 5.89. The highest BCUT2D eigenvalue weighted by atomic mass is 19.4. The quantitative estimate of drug-likeness (QED) is 0.0455. The third-order valence-corrected chi connectivity index (χ3v) is 11.2. The lowest BCUT2D eigenvalue weighted by atomic mass is 9.86. The predicted molar refractivity (Wildman–Crippen MR) is 190 cm³/mol. The van der Waals surface area contributed by atoms with E-state index in [1.165, 1.54) is 19.2 Å². The molecule has 1 radical (unpaired) electrons. The van der Waals surface area contributed by atoms with E-state index in [0.717, 1.165) is 5.06 Å². The molecule has 0 aromatic carbocycles. The SMILES string of the molecule is CC1(C)CC(C(=O)NCCCC[C@H](NC(=O)[C@H](O)[C@@H](O)[C@H](O[C@@H]2O[C@H](CO)[C@H](O)[C@H](O)[C@H]2O)[C@H](O)CO)C(=O)NCCC(F)(F)C(F)(F)C(F)(F)C(F)(F)C(F)(F)C(F)(F)F)C(C)(C)N1[O]. The zero-order valence-electron chi connectivity index (χ0n) is 35.1. The van der Waals surface area contributed by atoms with Gasteiger partial charge >= 0.3 is 35.8 Å². The number of aliphatic hydroxyl groups excluding tert-OH is 8. The maximum Gasteiger partial charge on any atom is 0.460 e. The molecular formula is C35H52F13N4O14. The molecule has 2 heterocycles. The van der Waals surface area contributed by atoms with Gasteiger partial charge in [-0.05, 0) is 53.4 Å². The number of alkyl halides is 13. The number of nitrogens with one attached hydrogen (secondary N) is 3. The van der Waals surface area contributed by atoms with Gasteiger partial charge in [0.2, 0.25) is 11.8 Å². The Labute approximate surface area is 366 Å². The fourth-order valence-corrected chi connectivity index (χ4v) is 7.10. The standard InChI is InChI=1S/C35H52F13N4O14/c1-28(2)11-14(29(3,4)52(28)64)24(61)49-9-6-5-7-15(25(62)50-10-8-30(36,37)31(38,39)32(40,41)33(42,43)34(44,45)35(46,47)48)51-26(63)21(59)20(58)23(16(55)12-53)66-27-22(60)19(57)18(56)17(13-54)65-27/h14-23,27,53-60H,5-13H2,1-4H3,(H,49,61)(H,50,62)(H,51,63)/t14?,15-,16+,17+,18-,19-,20+,21+,22+,23+,27-/m0/s1. The Morgan fingerprint density at radius 3 is 1.79 bits per heavy atom. The molecule has 0 bridgehead atoms. The van der Waals surface area contributed by atoms with E-state index in [1.54, 1.807) is 19.2 Å². The first-order chi connectivity index (χ1) is 29.7. The molecule has 2 rings (SSSR count). The number of rotatable bonds is 23. The van der Waals surface area contributed by atoms with E-state index < -0.39 is 164 Å². The number of unbranched alkanes of at least 4 members (excludes halogenated alkanes) is 1. The number of ether oxygens (including phenoxy) is 2. The molecule has 0 aromatic rings. The molecule has 11 N–H and O–H groups in total. The Kier molecular flexibility index (Phi) is 19.1. The van der Waals surface area contributed by atoms with Crippen molar-refractivity contribution in [3.05, 3.63) is 0 Å². The minimum Gasteiger partial charge on any atom is -0.394 e. The maximum absolute atomic E-state index is 14.5. The van der Waals surface area contributed by atoms with Crippen LogP contribution in [0.15, 0.2) is 0 Å². The number of aliphatic hydroxyl groups is 8. The normalized spacial score (nSPS) is 26.8. The number of amides is 3. The van der Waals surface area contributed by atoms with Gasteiger partial charge in [0.25, 0.3) is 5.91 Å². The van der Waals surface area contributed by atoms with Crippen LogP contribution in [0.5, 0.6) is 0 Å². The summed E-state index contributed by atoms with van der Waals surface area (Å²) < 4.78 is 187. The lowest BCUT2D eigenvalue weighted by Crippen LogP contribution is -2.70. The number of carbonyl (C=O) groups is 3. The van der Waals surface area contributed by atoms with Crippen LogP contribution in [0.25, 0.3) is 0 Å². The van der Waals surface area contributed by atoms with Crippen LogP contribution in [0, 0.1) is 5.92 Å². The monoisotopic (exact) mass is 999 g/mol. The van der Waals surface area contributed by atoms with Crippen molar-refractivity contribution in [2.45, 2.75) is 168 Å². The number of hydrogen-bond donors (Lipinski definition) is 11. The van der Waals surface area contributed by atoms with Gasteiger partial charge in [-0.25, -0.2) is 0 Å². The van der Waals surface area contributed by atoms with Crippen LogP contribution in [0.4, 0.5) is 57.1 Å². The minimum absolute atomic E-state index is 0.118. The van der Waals surface area contributed by atoms with Crippen molar-refractivity contribution in [3.8, 4) is 0 Å². The molecule has 0 spiro atoms. The topological polar surface area (TPSA) is 291 Å². The van der Waals surface area contributed by atoms with Gasteiger partial charge in [-0.15, -0.1) is 10.3 Å². The van der Waals surface area contributed by atoms with Gasteiger partial charge in [0, 0.05) is 25.0 Å². The van der Waals surface area contributed by atoms with Crippen molar-refractivity contribution in [1.29, 1.82) is 0 Å².